The zero-order valence-corrected chi connectivity index (χ0v) is 16.3. The van der Waals surface area contributed by atoms with Crippen LogP contribution in [0, 0.1) is 0 Å². The molecule has 0 aliphatic carbocycles. The van der Waals surface area contributed by atoms with Crippen LogP contribution in [-0.4, -0.2) is 11.3 Å². The highest BCUT2D eigenvalue weighted by Crippen LogP contribution is 2.57. The molecule has 0 saturated carbocycles. The van der Waals surface area contributed by atoms with E-state index in [1.165, 1.54) is 0 Å². The number of rotatable bonds is 4. The monoisotopic (exact) mass is 363 g/mol. The summed E-state index contributed by atoms with van der Waals surface area (Å²) in [4.78, 5) is 13.7. The molecular weight excluding hydrogens is 339 g/mol. The fraction of sp³-hybridized carbons (Fsp3) is 0.174. The Labute approximate surface area is 156 Å². The summed E-state index contributed by atoms with van der Waals surface area (Å²) in [6.45, 7) is 5.75. The minimum Gasteiger partial charge on any atom is -0.430 e. The molecule has 0 spiro atoms. The lowest BCUT2D eigenvalue weighted by molar-refractivity contribution is 0.0727. The Hall–Kier alpha value is -2.44. The maximum absolute atomic E-state index is 13.7. The zero-order chi connectivity index (χ0) is 18.6. The Morgan fingerprint density at radius 3 is 1.23 bits per heavy atom. The molecule has 26 heavy (non-hydrogen) atoms. The van der Waals surface area contributed by atoms with Gasteiger partial charge in [0.05, 0.1) is 0 Å². The molecule has 0 radical (unpaired) electrons. The third-order valence-electron chi connectivity index (χ3n) is 4.10. The molecule has 0 aliphatic heterocycles. The van der Waals surface area contributed by atoms with Crippen LogP contribution in [0.5, 0.6) is 0 Å². The van der Waals surface area contributed by atoms with E-state index in [4.69, 9.17) is 4.74 Å². The van der Waals surface area contributed by atoms with Crippen molar-refractivity contribution in [3.63, 3.8) is 0 Å². The molecule has 0 amide bonds. The predicted molar refractivity (Wildman–Crippen MR) is 111 cm³/mol. The fourth-order valence-electron chi connectivity index (χ4n) is 3.05. The van der Waals surface area contributed by atoms with Crippen molar-refractivity contribution in [3.05, 3.63) is 91.0 Å². The maximum Gasteiger partial charge on any atom is 0.467 e. The molecule has 3 heteroatoms. The van der Waals surface area contributed by atoms with E-state index in [2.05, 4.69) is 0 Å². The molecule has 0 aromatic heterocycles. The summed E-state index contributed by atoms with van der Waals surface area (Å²) >= 11 is 0. The van der Waals surface area contributed by atoms with Crippen LogP contribution in [0.15, 0.2) is 91.0 Å². The number of carbonyl (C=O) groups excluding carboxylic acids is 1. The summed E-state index contributed by atoms with van der Waals surface area (Å²) in [5.41, 5.74) is -0.714. The number of hydrogen-bond acceptors (Lipinski definition) is 2. The second-order valence-electron chi connectivity index (χ2n) is 7.16. The molecule has 132 valence electrons. The lowest BCUT2D eigenvalue weighted by atomic mass is 10.2. The highest BCUT2D eigenvalue weighted by atomic mass is 31.2. The van der Waals surface area contributed by atoms with Gasteiger partial charge in [-0.05, 0) is 57.2 Å². The molecule has 0 unspecified atom stereocenters. The molecule has 0 bridgehead atoms. The first-order valence-corrected chi connectivity index (χ1v) is 10.5. The van der Waals surface area contributed by atoms with Crippen molar-refractivity contribution in [1.29, 1.82) is 0 Å². The van der Waals surface area contributed by atoms with Crippen LogP contribution in [-0.2, 0) is 4.74 Å². The van der Waals surface area contributed by atoms with Crippen molar-refractivity contribution in [2.24, 2.45) is 0 Å². The molecule has 0 fully saturated rings. The Morgan fingerprint density at radius 1 is 0.654 bits per heavy atom. The van der Waals surface area contributed by atoms with Crippen molar-refractivity contribution in [1.82, 2.24) is 0 Å². The fourth-order valence-corrected chi connectivity index (χ4v) is 6.84. The predicted octanol–water partition coefficient (Wildman–Crippen LogP) is 4.92. The molecule has 3 aromatic carbocycles. The Kier molecular flexibility index (Phi) is 5.25. The summed E-state index contributed by atoms with van der Waals surface area (Å²) in [5, 5.41) is 3.02. The van der Waals surface area contributed by atoms with Crippen LogP contribution in [0.3, 0.4) is 0 Å². The van der Waals surface area contributed by atoms with Crippen LogP contribution in [0.4, 0.5) is 4.79 Å². The van der Waals surface area contributed by atoms with Gasteiger partial charge in [-0.25, -0.2) is 4.79 Å². The van der Waals surface area contributed by atoms with Gasteiger partial charge in [-0.1, -0.05) is 54.6 Å². The first-order chi connectivity index (χ1) is 12.4. The van der Waals surface area contributed by atoms with Crippen molar-refractivity contribution in [2.75, 3.05) is 0 Å². The van der Waals surface area contributed by atoms with Gasteiger partial charge in [0, 0.05) is 0 Å². The van der Waals surface area contributed by atoms with Gasteiger partial charge in [0.2, 0.25) is 7.26 Å². The van der Waals surface area contributed by atoms with E-state index in [-0.39, 0.29) is 5.71 Å². The Bertz CT molecular complexity index is 756. The van der Waals surface area contributed by atoms with Gasteiger partial charge in [0.15, 0.2) is 0 Å². The summed E-state index contributed by atoms with van der Waals surface area (Å²) < 4.78 is 5.98. The molecule has 0 saturated heterocycles. The number of carbonyl (C=O) groups is 1. The smallest absolute Gasteiger partial charge is 0.430 e. The Balaban J connectivity index is 2.34. The van der Waals surface area contributed by atoms with Crippen molar-refractivity contribution >= 4 is 28.9 Å². The minimum absolute atomic E-state index is 0.159. The summed E-state index contributed by atoms with van der Waals surface area (Å²) in [6, 6.07) is 30.1. The van der Waals surface area contributed by atoms with Gasteiger partial charge in [-0.15, -0.1) is 0 Å². The number of benzene rings is 3. The van der Waals surface area contributed by atoms with E-state index in [0.29, 0.717) is 0 Å². The topological polar surface area (TPSA) is 26.3 Å². The molecular formula is C23H24O2P+. The van der Waals surface area contributed by atoms with Gasteiger partial charge in [0.1, 0.15) is 21.5 Å². The minimum atomic E-state index is -2.60. The van der Waals surface area contributed by atoms with Crippen molar-refractivity contribution in [2.45, 2.75) is 26.4 Å². The van der Waals surface area contributed by atoms with Crippen LogP contribution >= 0.6 is 7.26 Å². The van der Waals surface area contributed by atoms with E-state index >= 15 is 0 Å². The first-order valence-electron chi connectivity index (χ1n) is 8.74. The second kappa shape index (κ2) is 7.43. The first kappa shape index (κ1) is 18.4. The quantitative estimate of drug-likeness (QED) is 0.615. The third-order valence-corrected chi connectivity index (χ3v) is 7.96. The molecule has 0 heterocycles. The normalized spacial score (nSPS) is 11.8. The number of ether oxygens (including phenoxy) is 1. The van der Waals surface area contributed by atoms with E-state index in [1.54, 1.807) is 0 Å². The van der Waals surface area contributed by atoms with Gasteiger partial charge in [0.25, 0.3) is 0 Å². The van der Waals surface area contributed by atoms with E-state index in [0.717, 1.165) is 15.9 Å². The highest BCUT2D eigenvalue weighted by molar-refractivity contribution is 8.07. The second-order valence-corrected chi connectivity index (χ2v) is 10.4. The molecule has 0 aliphatic rings. The lowest BCUT2D eigenvalue weighted by Crippen LogP contribution is -2.39. The summed E-state index contributed by atoms with van der Waals surface area (Å²) in [7, 11) is -2.60. The van der Waals surface area contributed by atoms with Crippen LogP contribution in [0.1, 0.15) is 20.8 Å². The molecule has 3 rings (SSSR count). The third kappa shape index (κ3) is 3.57. The summed E-state index contributed by atoms with van der Waals surface area (Å²) in [5.74, 6) is 0. The molecule has 3 aromatic rings. The maximum atomic E-state index is 13.7. The van der Waals surface area contributed by atoms with Crippen LogP contribution in [0.25, 0.3) is 0 Å². The van der Waals surface area contributed by atoms with Gasteiger partial charge < -0.3 is 4.74 Å². The zero-order valence-electron chi connectivity index (χ0n) is 15.4. The van der Waals surface area contributed by atoms with Crippen LogP contribution in [0.2, 0.25) is 0 Å². The van der Waals surface area contributed by atoms with Crippen LogP contribution < -0.4 is 15.9 Å². The lowest BCUT2D eigenvalue weighted by Gasteiger charge is -2.28. The molecule has 2 nitrogen and oxygen atoms in total. The van der Waals surface area contributed by atoms with E-state index < -0.39 is 12.9 Å². The largest absolute Gasteiger partial charge is 0.467 e. The number of hydrogen-bond donors (Lipinski definition) is 0. The van der Waals surface area contributed by atoms with E-state index in [9.17, 15) is 4.79 Å². The highest BCUT2D eigenvalue weighted by Gasteiger charge is 2.56. The van der Waals surface area contributed by atoms with E-state index in [1.807, 2.05) is 112 Å². The Morgan fingerprint density at radius 2 is 0.962 bits per heavy atom. The summed E-state index contributed by atoms with van der Waals surface area (Å²) in [6.07, 6.45) is 0. The van der Waals surface area contributed by atoms with Gasteiger partial charge in [-0.2, -0.15) is 0 Å². The van der Waals surface area contributed by atoms with Gasteiger partial charge in [-0.3, -0.25) is 0 Å². The average Bonchev–Trinajstić information content (AvgIpc) is 2.64. The van der Waals surface area contributed by atoms with Crippen molar-refractivity contribution in [3.8, 4) is 0 Å². The van der Waals surface area contributed by atoms with Crippen molar-refractivity contribution < 1.29 is 9.53 Å². The molecule has 0 atom stereocenters. The average molecular weight is 363 g/mol. The van der Waals surface area contributed by atoms with Gasteiger partial charge >= 0.3 is 5.71 Å². The molecule has 0 N–H and O–H groups in total. The standard InChI is InChI=1S/C23H24O2P/c1-23(2,3)25-22(24)26(19-13-7-4-8-14-19,20-15-9-5-10-16-20)21-17-11-6-12-18-21/h4-18H,1-3H3/q+1. The SMILES string of the molecule is CC(C)(C)OC(=O)[P+](c1ccccc1)(c1ccccc1)c1ccccc1.